The van der Waals surface area contributed by atoms with Crippen LogP contribution in [0.5, 0.6) is 0 Å². The summed E-state index contributed by atoms with van der Waals surface area (Å²) in [6, 6.07) is 5.25. The minimum atomic E-state index is -3.57. The van der Waals surface area contributed by atoms with Gasteiger partial charge in [-0.15, -0.1) is 0 Å². The number of ketones is 1. The molecule has 1 atom stereocenters. The van der Waals surface area contributed by atoms with Gasteiger partial charge in [0.2, 0.25) is 10.0 Å². The fourth-order valence-electron chi connectivity index (χ4n) is 3.81. The number of hydrogen-bond donors (Lipinski definition) is 0. The lowest BCUT2D eigenvalue weighted by molar-refractivity contribution is 0.0730. The van der Waals surface area contributed by atoms with Crippen LogP contribution in [0.2, 0.25) is 0 Å². The highest BCUT2D eigenvalue weighted by molar-refractivity contribution is 7.99. The number of morpholine rings is 1. The minimum Gasteiger partial charge on any atom is -0.383 e. The molecule has 8 nitrogen and oxygen atoms in total. The van der Waals surface area contributed by atoms with Gasteiger partial charge in [0.05, 0.1) is 36.6 Å². The second-order valence-electron chi connectivity index (χ2n) is 7.52. The van der Waals surface area contributed by atoms with Crippen LogP contribution in [0, 0.1) is 13.8 Å². The first-order valence-electron chi connectivity index (χ1n) is 10.1. The van der Waals surface area contributed by atoms with Crippen LogP contribution in [0.1, 0.15) is 34.7 Å². The number of Topliss-reactive ketones (excluding diaryl/α,β-unsaturated/α-hetero) is 1. The molecule has 0 N–H and O–H groups in total. The largest absolute Gasteiger partial charge is 0.383 e. The van der Waals surface area contributed by atoms with E-state index in [0.29, 0.717) is 43.5 Å². The van der Waals surface area contributed by atoms with Crippen LogP contribution >= 0.6 is 11.8 Å². The molecule has 1 aliphatic heterocycles. The van der Waals surface area contributed by atoms with Crippen LogP contribution in [0.15, 0.2) is 34.3 Å². The van der Waals surface area contributed by atoms with Crippen molar-refractivity contribution in [2.45, 2.75) is 36.7 Å². The van der Waals surface area contributed by atoms with Gasteiger partial charge in [0.15, 0.2) is 5.78 Å². The number of rotatable bonds is 9. The number of sulfonamides is 1. The highest BCUT2D eigenvalue weighted by Gasteiger charge is 2.26. The van der Waals surface area contributed by atoms with E-state index in [9.17, 15) is 13.2 Å². The molecule has 31 heavy (non-hydrogen) atoms. The lowest BCUT2D eigenvalue weighted by atomic mass is 10.2. The molecule has 0 unspecified atom stereocenters. The van der Waals surface area contributed by atoms with E-state index in [-0.39, 0.29) is 22.5 Å². The van der Waals surface area contributed by atoms with Crippen molar-refractivity contribution in [3.63, 3.8) is 0 Å². The highest BCUT2D eigenvalue weighted by Crippen LogP contribution is 2.25. The Morgan fingerprint density at radius 3 is 2.61 bits per heavy atom. The number of thioether (sulfide) groups is 1. The van der Waals surface area contributed by atoms with Crippen LogP contribution in [0.3, 0.4) is 0 Å². The number of hydrogen-bond acceptors (Lipinski definition) is 7. The molecule has 1 aliphatic rings. The Bertz CT molecular complexity index is 1010. The molecule has 0 saturated carbocycles. The quantitative estimate of drug-likeness (QED) is 0.414. The fourth-order valence-corrected chi connectivity index (χ4v) is 5.89. The summed E-state index contributed by atoms with van der Waals surface area (Å²) in [6.45, 7) is 8.04. The zero-order valence-electron chi connectivity index (χ0n) is 18.3. The SMILES string of the molecule is COC[C@H](C)n1c(C)cc(C(=O)CSc2ccc(S(=O)(=O)N3CCOCC3)cn2)c1C. The van der Waals surface area contributed by atoms with Gasteiger partial charge in [-0.05, 0) is 39.0 Å². The van der Waals surface area contributed by atoms with Crippen LogP contribution in [0.25, 0.3) is 0 Å². The summed E-state index contributed by atoms with van der Waals surface area (Å²) in [5, 5.41) is 0.607. The first-order valence-corrected chi connectivity index (χ1v) is 12.6. The maximum atomic E-state index is 12.8. The Labute approximate surface area is 188 Å². The van der Waals surface area contributed by atoms with Gasteiger partial charge in [0, 0.05) is 43.3 Å². The molecule has 10 heteroatoms. The third kappa shape index (κ3) is 5.38. The van der Waals surface area contributed by atoms with Crippen molar-refractivity contribution in [1.29, 1.82) is 0 Å². The number of methoxy groups -OCH3 is 1. The first-order chi connectivity index (χ1) is 14.8. The average Bonchev–Trinajstić information content (AvgIpc) is 3.07. The Morgan fingerprint density at radius 2 is 2.00 bits per heavy atom. The first kappa shape index (κ1) is 23.9. The van der Waals surface area contributed by atoms with Gasteiger partial charge >= 0.3 is 0 Å². The van der Waals surface area contributed by atoms with Gasteiger partial charge < -0.3 is 14.0 Å². The monoisotopic (exact) mass is 467 g/mol. The second-order valence-corrected chi connectivity index (χ2v) is 10.5. The number of nitrogens with zero attached hydrogens (tertiary/aromatic N) is 3. The van der Waals surface area contributed by atoms with Gasteiger partial charge in [0.25, 0.3) is 0 Å². The van der Waals surface area contributed by atoms with E-state index in [0.717, 1.165) is 11.4 Å². The molecule has 0 radical (unpaired) electrons. The van der Waals surface area contributed by atoms with E-state index in [1.165, 1.54) is 22.3 Å². The van der Waals surface area contributed by atoms with Crippen LogP contribution in [-0.4, -0.2) is 73.8 Å². The predicted molar refractivity (Wildman–Crippen MR) is 119 cm³/mol. The zero-order chi connectivity index (χ0) is 22.6. The molecule has 0 spiro atoms. The molecule has 0 aromatic carbocycles. The molecule has 0 bridgehead atoms. The smallest absolute Gasteiger partial charge is 0.244 e. The van der Waals surface area contributed by atoms with Crippen LogP contribution < -0.4 is 0 Å². The Balaban J connectivity index is 1.65. The van der Waals surface area contributed by atoms with Crippen molar-refractivity contribution in [2.24, 2.45) is 0 Å². The molecule has 0 amide bonds. The summed E-state index contributed by atoms with van der Waals surface area (Å²) < 4.78 is 39.3. The summed E-state index contributed by atoms with van der Waals surface area (Å²) in [6.07, 6.45) is 1.36. The maximum Gasteiger partial charge on any atom is 0.244 e. The van der Waals surface area contributed by atoms with Crippen molar-refractivity contribution in [3.05, 3.63) is 41.3 Å². The zero-order valence-corrected chi connectivity index (χ0v) is 20.0. The van der Waals surface area contributed by atoms with E-state index in [1.54, 1.807) is 19.2 Å². The Kier molecular flexibility index (Phi) is 7.92. The summed E-state index contributed by atoms with van der Waals surface area (Å²) >= 11 is 1.30. The number of ether oxygens (including phenoxy) is 2. The van der Waals surface area contributed by atoms with E-state index in [2.05, 4.69) is 16.5 Å². The number of aryl methyl sites for hydroxylation is 1. The lowest BCUT2D eigenvalue weighted by Crippen LogP contribution is -2.40. The fraction of sp³-hybridized carbons (Fsp3) is 0.524. The third-order valence-corrected chi connectivity index (χ3v) is 8.13. The average molecular weight is 468 g/mol. The molecule has 0 aliphatic carbocycles. The van der Waals surface area contributed by atoms with Crippen molar-refractivity contribution in [1.82, 2.24) is 13.9 Å². The predicted octanol–water partition coefficient (Wildman–Crippen LogP) is 2.70. The normalized spacial score (nSPS) is 16.4. The van der Waals surface area contributed by atoms with E-state index < -0.39 is 10.0 Å². The second kappa shape index (κ2) is 10.3. The molecule has 3 heterocycles. The number of aromatic nitrogens is 2. The van der Waals surface area contributed by atoms with Crippen LogP contribution in [-0.2, 0) is 19.5 Å². The maximum absolute atomic E-state index is 12.8. The van der Waals surface area contributed by atoms with Crippen molar-refractivity contribution in [3.8, 4) is 0 Å². The standard InChI is InChI=1S/C21H29N3O5S2/c1-15-11-19(17(3)24(15)16(2)13-28-4)20(25)14-30-21-6-5-18(12-22-21)31(26,27)23-7-9-29-10-8-23/h5-6,11-12,16H,7-10,13-14H2,1-4H3/t16-/m0/s1. The molecule has 2 aromatic heterocycles. The number of carbonyl (C=O) groups is 1. The third-order valence-electron chi connectivity index (χ3n) is 5.30. The lowest BCUT2D eigenvalue weighted by Gasteiger charge is -2.25. The molecule has 1 fully saturated rings. The molecule has 1 saturated heterocycles. The van der Waals surface area contributed by atoms with E-state index in [4.69, 9.17) is 9.47 Å². The molecule has 3 rings (SSSR count). The van der Waals surface area contributed by atoms with Gasteiger partial charge in [-0.25, -0.2) is 13.4 Å². The summed E-state index contributed by atoms with van der Waals surface area (Å²) in [5.41, 5.74) is 2.64. The van der Waals surface area contributed by atoms with Gasteiger partial charge in [-0.1, -0.05) is 11.8 Å². The van der Waals surface area contributed by atoms with Crippen molar-refractivity contribution >= 4 is 27.6 Å². The van der Waals surface area contributed by atoms with Crippen LogP contribution in [0.4, 0.5) is 0 Å². The minimum absolute atomic E-state index is 0.0146. The van der Waals surface area contributed by atoms with E-state index >= 15 is 0 Å². The summed E-state index contributed by atoms with van der Waals surface area (Å²) in [5.74, 6) is 0.242. The summed E-state index contributed by atoms with van der Waals surface area (Å²) in [7, 11) is -1.91. The number of carbonyl (C=O) groups excluding carboxylic acids is 1. The molecule has 170 valence electrons. The Hall–Kier alpha value is -1.72. The van der Waals surface area contributed by atoms with Gasteiger partial charge in [-0.2, -0.15) is 4.31 Å². The topological polar surface area (TPSA) is 90.7 Å². The van der Waals surface area contributed by atoms with Crippen molar-refractivity contribution in [2.75, 3.05) is 45.8 Å². The molecule has 2 aromatic rings. The Morgan fingerprint density at radius 1 is 1.29 bits per heavy atom. The van der Waals surface area contributed by atoms with Gasteiger partial charge in [-0.3, -0.25) is 4.79 Å². The highest BCUT2D eigenvalue weighted by atomic mass is 32.2. The molecular formula is C21H29N3O5S2. The summed E-state index contributed by atoms with van der Waals surface area (Å²) in [4.78, 5) is 17.2. The van der Waals surface area contributed by atoms with Crippen molar-refractivity contribution < 1.29 is 22.7 Å². The molecular weight excluding hydrogens is 438 g/mol. The van der Waals surface area contributed by atoms with E-state index in [1.807, 2.05) is 19.9 Å². The number of pyridine rings is 1. The van der Waals surface area contributed by atoms with Gasteiger partial charge in [0.1, 0.15) is 4.90 Å².